The largest absolute Gasteiger partial charge is 0.326 e. The number of rotatable bonds is 5. The molecule has 0 radical (unpaired) electrons. The molecule has 0 aliphatic rings. The average Bonchev–Trinajstić information content (AvgIpc) is 2.55. The van der Waals surface area contributed by atoms with Crippen molar-refractivity contribution in [2.24, 2.45) is 0 Å². The Morgan fingerprint density at radius 1 is 1.05 bits per heavy atom. The van der Waals surface area contributed by atoms with E-state index in [0.29, 0.717) is 11.3 Å². The fourth-order valence-electron chi connectivity index (χ4n) is 1.82. The van der Waals surface area contributed by atoms with E-state index >= 15 is 0 Å². The molecule has 0 saturated carbocycles. The lowest BCUT2D eigenvalue weighted by molar-refractivity contribution is -0.115. The van der Waals surface area contributed by atoms with Crippen LogP contribution < -0.4 is 5.32 Å². The topological polar surface area (TPSA) is 87.0 Å². The normalized spacial score (nSPS) is 10.7. The van der Waals surface area contributed by atoms with Crippen LogP contribution in [0.1, 0.15) is 12.0 Å². The fraction of sp³-hybridized carbons (Fsp3) is 0.125. The Kier molecular flexibility index (Phi) is 4.92. The summed E-state index contributed by atoms with van der Waals surface area (Å²) in [6.07, 6.45) is -0.128. The number of carbonyl (C=O) groups is 1. The molecule has 1 N–H and O–H groups in total. The molecule has 0 aliphatic carbocycles. The van der Waals surface area contributed by atoms with Gasteiger partial charge >= 0.3 is 0 Å². The van der Waals surface area contributed by atoms with E-state index in [4.69, 9.17) is 5.26 Å². The van der Waals surface area contributed by atoms with Gasteiger partial charge in [0.15, 0.2) is 9.84 Å². The molecular weight excluding hydrogens is 300 g/mol. The minimum Gasteiger partial charge on any atom is -0.326 e. The van der Waals surface area contributed by atoms with Crippen LogP contribution in [0.25, 0.3) is 0 Å². The highest BCUT2D eigenvalue weighted by molar-refractivity contribution is 7.91. The summed E-state index contributed by atoms with van der Waals surface area (Å²) in [5, 5.41) is 11.3. The zero-order valence-electron chi connectivity index (χ0n) is 11.7. The molecule has 2 aromatic carbocycles. The van der Waals surface area contributed by atoms with Gasteiger partial charge in [-0.05, 0) is 36.4 Å². The van der Waals surface area contributed by atoms with E-state index in [2.05, 4.69) is 5.32 Å². The zero-order valence-corrected chi connectivity index (χ0v) is 12.5. The van der Waals surface area contributed by atoms with Gasteiger partial charge in [-0.1, -0.05) is 18.2 Å². The Bertz CT molecular complexity index is 792. The van der Waals surface area contributed by atoms with Crippen molar-refractivity contribution < 1.29 is 13.2 Å². The second kappa shape index (κ2) is 6.87. The molecule has 5 nitrogen and oxygen atoms in total. The monoisotopic (exact) mass is 314 g/mol. The predicted octanol–water partition coefficient (Wildman–Crippen LogP) is 2.36. The second-order valence-corrected chi connectivity index (χ2v) is 6.73. The van der Waals surface area contributed by atoms with Crippen molar-refractivity contribution in [3.8, 4) is 6.07 Å². The van der Waals surface area contributed by atoms with Crippen molar-refractivity contribution >= 4 is 21.4 Å². The van der Waals surface area contributed by atoms with Gasteiger partial charge in [0.05, 0.1) is 22.3 Å². The molecular formula is C16H14N2O3S. The Hall–Kier alpha value is -2.65. The van der Waals surface area contributed by atoms with Gasteiger partial charge in [0, 0.05) is 12.1 Å². The fourth-order valence-corrected chi connectivity index (χ4v) is 3.09. The average molecular weight is 314 g/mol. The van der Waals surface area contributed by atoms with Crippen molar-refractivity contribution in [3.63, 3.8) is 0 Å². The number of nitrogens with one attached hydrogen (secondary N) is 1. The van der Waals surface area contributed by atoms with Crippen LogP contribution in [0.3, 0.4) is 0 Å². The van der Waals surface area contributed by atoms with Crippen LogP contribution in [0.4, 0.5) is 5.69 Å². The number of carbonyl (C=O) groups excluding carboxylic acids is 1. The standard InChI is InChI=1S/C16H14N2O3S/c17-12-13-6-8-14(9-7-13)18-16(19)10-11-22(20,21)15-4-2-1-3-5-15/h1-9H,10-11H2,(H,18,19). The summed E-state index contributed by atoms with van der Waals surface area (Å²) in [7, 11) is -3.46. The molecule has 1 amide bonds. The van der Waals surface area contributed by atoms with Crippen LogP contribution in [0.15, 0.2) is 59.5 Å². The van der Waals surface area contributed by atoms with E-state index in [9.17, 15) is 13.2 Å². The van der Waals surface area contributed by atoms with Crippen molar-refractivity contribution in [1.29, 1.82) is 5.26 Å². The van der Waals surface area contributed by atoms with Gasteiger partial charge in [-0.15, -0.1) is 0 Å². The summed E-state index contributed by atoms with van der Waals surface area (Å²) < 4.78 is 24.1. The molecule has 2 aromatic rings. The van der Waals surface area contributed by atoms with Crippen LogP contribution >= 0.6 is 0 Å². The molecule has 0 aromatic heterocycles. The first-order chi connectivity index (χ1) is 10.5. The SMILES string of the molecule is N#Cc1ccc(NC(=O)CCS(=O)(=O)c2ccccc2)cc1. The van der Waals surface area contributed by atoms with E-state index < -0.39 is 9.84 Å². The van der Waals surface area contributed by atoms with E-state index in [1.807, 2.05) is 6.07 Å². The predicted molar refractivity (Wildman–Crippen MR) is 82.9 cm³/mol. The van der Waals surface area contributed by atoms with Gasteiger partial charge in [-0.2, -0.15) is 5.26 Å². The summed E-state index contributed by atoms with van der Waals surface area (Å²) in [5.74, 6) is -0.636. The molecule has 0 saturated heterocycles. The van der Waals surface area contributed by atoms with Crippen LogP contribution in [-0.2, 0) is 14.6 Å². The quantitative estimate of drug-likeness (QED) is 0.917. The zero-order chi connectivity index (χ0) is 16.0. The Labute approximate surface area is 129 Å². The summed E-state index contributed by atoms with van der Waals surface area (Å²) in [6, 6.07) is 16.4. The maximum atomic E-state index is 12.1. The third-order valence-electron chi connectivity index (χ3n) is 3.00. The first-order valence-corrected chi connectivity index (χ1v) is 8.24. The van der Waals surface area contributed by atoms with E-state index in [0.717, 1.165) is 0 Å². The van der Waals surface area contributed by atoms with Gasteiger partial charge in [-0.25, -0.2) is 8.42 Å². The molecule has 0 unspecified atom stereocenters. The highest BCUT2D eigenvalue weighted by Crippen LogP contribution is 2.13. The van der Waals surface area contributed by atoms with Crippen molar-refractivity contribution in [2.45, 2.75) is 11.3 Å². The van der Waals surface area contributed by atoms with Gasteiger partial charge in [0.1, 0.15) is 0 Å². The van der Waals surface area contributed by atoms with Crippen LogP contribution in [0.5, 0.6) is 0 Å². The van der Waals surface area contributed by atoms with Crippen LogP contribution in [0.2, 0.25) is 0 Å². The lowest BCUT2D eigenvalue weighted by Gasteiger charge is -2.06. The molecule has 0 bridgehead atoms. The highest BCUT2D eigenvalue weighted by atomic mass is 32.2. The van der Waals surface area contributed by atoms with Crippen LogP contribution in [-0.4, -0.2) is 20.1 Å². The number of nitriles is 1. The van der Waals surface area contributed by atoms with Crippen molar-refractivity contribution in [3.05, 3.63) is 60.2 Å². The maximum Gasteiger partial charge on any atom is 0.225 e. The van der Waals surface area contributed by atoms with Crippen LogP contribution in [0, 0.1) is 11.3 Å². The molecule has 0 fully saturated rings. The number of anilines is 1. The number of nitrogens with zero attached hydrogens (tertiary/aromatic N) is 1. The molecule has 0 aliphatic heterocycles. The second-order valence-electron chi connectivity index (χ2n) is 4.62. The molecule has 0 atom stereocenters. The van der Waals surface area contributed by atoms with Crippen molar-refractivity contribution in [2.75, 3.05) is 11.1 Å². The summed E-state index contributed by atoms with van der Waals surface area (Å²) in [6.45, 7) is 0. The lowest BCUT2D eigenvalue weighted by Crippen LogP contribution is -2.17. The molecule has 0 heterocycles. The van der Waals surface area contributed by atoms with Gasteiger partial charge in [0.2, 0.25) is 5.91 Å². The molecule has 0 spiro atoms. The maximum absolute atomic E-state index is 12.1. The third kappa shape index (κ3) is 4.17. The third-order valence-corrected chi connectivity index (χ3v) is 4.73. The number of sulfone groups is 1. The van der Waals surface area contributed by atoms with E-state index in [-0.39, 0.29) is 23.0 Å². The summed E-state index contributed by atoms with van der Waals surface area (Å²) in [4.78, 5) is 12.0. The van der Waals surface area contributed by atoms with E-state index in [1.165, 1.54) is 12.1 Å². The number of hydrogen-bond acceptors (Lipinski definition) is 4. The van der Waals surface area contributed by atoms with Gasteiger partial charge in [-0.3, -0.25) is 4.79 Å². The number of amides is 1. The highest BCUT2D eigenvalue weighted by Gasteiger charge is 2.16. The van der Waals surface area contributed by atoms with Gasteiger partial charge < -0.3 is 5.32 Å². The smallest absolute Gasteiger partial charge is 0.225 e. The molecule has 6 heteroatoms. The molecule has 2 rings (SSSR count). The number of hydrogen-bond donors (Lipinski definition) is 1. The number of benzene rings is 2. The van der Waals surface area contributed by atoms with E-state index in [1.54, 1.807) is 42.5 Å². The first kappa shape index (κ1) is 15.7. The minimum atomic E-state index is -3.46. The van der Waals surface area contributed by atoms with Crippen molar-refractivity contribution in [1.82, 2.24) is 0 Å². The van der Waals surface area contributed by atoms with Gasteiger partial charge in [0.25, 0.3) is 0 Å². The molecule has 22 heavy (non-hydrogen) atoms. The minimum absolute atomic E-state index is 0.128. The Morgan fingerprint density at radius 2 is 1.68 bits per heavy atom. The lowest BCUT2D eigenvalue weighted by atomic mass is 10.2. The first-order valence-electron chi connectivity index (χ1n) is 6.59. The summed E-state index contributed by atoms with van der Waals surface area (Å²) in [5.41, 5.74) is 1.02. The summed E-state index contributed by atoms with van der Waals surface area (Å²) >= 11 is 0. The Morgan fingerprint density at radius 3 is 2.27 bits per heavy atom. The Balaban J connectivity index is 1.94. The molecule has 112 valence electrons.